The van der Waals surface area contributed by atoms with E-state index < -0.39 is 5.60 Å². The second-order valence-electron chi connectivity index (χ2n) is 5.11. The zero-order valence-corrected chi connectivity index (χ0v) is 11.0. The first-order valence-corrected chi connectivity index (χ1v) is 6.68. The highest BCUT2D eigenvalue weighted by Crippen LogP contribution is 2.32. The van der Waals surface area contributed by atoms with Crippen molar-refractivity contribution in [3.05, 3.63) is 0 Å². The van der Waals surface area contributed by atoms with Gasteiger partial charge in [0.15, 0.2) is 0 Å². The summed E-state index contributed by atoms with van der Waals surface area (Å²) >= 11 is 1.80. The third-order valence-corrected chi connectivity index (χ3v) is 3.73. The Bertz CT molecular complexity index is 290. The summed E-state index contributed by atoms with van der Waals surface area (Å²) in [5, 5.41) is 8.95. The number of thioether (sulfide) groups is 1. The average molecular weight is 241 g/mol. The number of nitrogens with zero attached hydrogens (tertiary/aromatic N) is 1. The van der Waals surface area contributed by atoms with Gasteiger partial charge in [0.05, 0.1) is 12.0 Å². The smallest absolute Gasteiger partial charge is 0.309 e. The van der Waals surface area contributed by atoms with Crippen LogP contribution in [-0.2, 0) is 9.53 Å². The fourth-order valence-corrected chi connectivity index (χ4v) is 3.04. The number of esters is 1. The van der Waals surface area contributed by atoms with Crippen LogP contribution in [0.2, 0.25) is 0 Å². The fourth-order valence-electron chi connectivity index (χ4n) is 1.72. The van der Waals surface area contributed by atoms with Crippen LogP contribution in [0.4, 0.5) is 0 Å². The molecule has 0 aromatic rings. The molecule has 0 amide bonds. The minimum atomic E-state index is -0.410. The summed E-state index contributed by atoms with van der Waals surface area (Å²) in [4.78, 5) is 11.8. The molecular weight excluding hydrogens is 222 g/mol. The molecule has 4 heteroatoms. The van der Waals surface area contributed by atoms with Crippen LogP contribution in [0.5, 0.6) is 0 Å². The number of carbonyl (C=O) groups excluding carboxylic acids is 1. The van der Waals surface area contributed by atoms with Crippen molar-refractivity contribution in [3.63, 3.8) is 0 Å². The molecule has 2 unspecified atom stereocenters. The summed E-state index contributed by atoms with van der Waals surface area (Å²) < 4.78 is 5.37. The largest absolute Gasteiger partial charge is 0.460 e. The number of carbonyl (C=O) groups is 1. The van der Waals surface area contributed by atoms with Crippen LogP contribution in [-0.4, -0.2) is 22.6 Å². The van der Waals surface area contributed by atoms with E-state index in [0.29, 0.717) is 11.7 Å². The number of hydrogen-bond acceptors (Lipinski definition) is 4. The highest BCUT2D eigenvalue weighted by Gasteiger charge is 2.30. The molecule has 16 heavy (non-hydrogen) atoms. The molecule has 0 radical (unpaired) electrons. The van der Waals surface area contributed by atoms with Crippen LogP contribution >= 0.6 is 11.8 Å². The summed E-state index contributed by atoms with van der Waals surface area (Å²) in [7, 11) is 0. The molecule has 1 aliphatic heterocycles. The van der Waals surface area contributed by atoms with Crippen LogP contribution in [0, 0.1) is 17.2 Å². The standard InChI is InChI=1S/C12H19NO2S/c1-12(2,3)15-11(14)9-5-7-16-10(8-9)4-6-13/h9-10H,4-5,7-8H2,1-3H3. The normalized spacial score (nSPS) is 25.9. The van der Waals surface area contributed by atoms with E-state index in [-0.39, 0.29) is 11.9 Å². The van der Waals surface area contributed by atoms with Gasteiger partial charge in [0.25, 0.3) is 0 Å². The third-order valence-electron chi connectivity index (χ3n) is 2.43. The zero-order chi connectivity index (χ0) is 12.2. The van der Waals surface area contributed by atoms with Crippen molar-refractivity contribution in [2.24, 2.45) is 5.92 Å². The van der Waals surface area contributed by atoms with Gasteiger partial charge in [-0.3, -0.25) is 4.79 Å². The van der Waals surface area contributed by atoms with Gasteiger partial charge in [-0.25, -0.2) is 0 Å². The Labute approximate surface area is 102 Å². The molecule has 0 bridgehead atoms. The summed E-state index contributed by atoms with van der Waals surface area (Å²) in [5.74, 6) is 0.838. The number of rotatable bonds is 2. The maximum Gasteiger partial charge on any atom is 0.309 e. The monoisotopic (exact) mass is 241 g/mol. The molecule has 0 aromatic carbocycles. The number of hydrogen-bond donors (Lipinski definition) is 0. The molecule has 3 nitrogen and oxygen atoms in total. The number of nitriles is 1. The van der Waals surface area contributed by atoms with Crippen LogP contribution in [0.15, 0.2) is 0 Å². The minimum Gasteiger partial charge on any atom is -0.460 e. The Morgan fingerprint density at radius 3 is 2.81 bits per heavy atom. The van der Waals surface area contributed by atoms with Crippen molar-refractivity contribution in [2.75, 3.05) is 5.75 Å². The lowest BCUT2D eigenvalue weighted by Crippen LogP contribution is -2.32. The van der Waals surface area contributed by atoms with Crippen molar-refractivity contribution in [3.8, 4) is 6.07 Å². The Morgan fingerprint density at radius 2 is 2.25 bits per heavy atom. The zero-order valence-electron chi connectivity index (χ0n) is 10.2. The summed E-state index contributed by atoms with van der Waals surface area (Å²) in [6.45, 7) is 5.65. The van der Waals surface area contributed by atoms with E-state index in [1.807, 2.05) is 20.8 Å². The lowest BCUT2D eigenvalue weighted by Gasteiger charge is -2.29. The maximum absolute atomic E-state index is 11.8. The van der Waals surface area contributed by atoms with E-state index in [0.717, 1.165) is 18.6 Å². The van der Waals surface area contributed by atoms with Crippen molar-refractivity contribution in [1.82, 2.24) is 0 Å². The predicted molar refractivity (Wildman–Crippen MR) is 65.0 cm³/mol. The lowest BCUT2D eigenvalue weighted by atomic mass is 9.98. The second-order valence-corrected chi connectivity index (χ2v) is 6.52. The molecule has 90 valence electrons. The molecule has 0 aliphatic carbocycles. The lowest BCUT2D eigenvalue weighted by molar-refractivity contribution is -0.160. The summed E-state index contributed by atoms with van der Waals surface area (Å²) in [6.07, 6.45) is 2.19. The van der Waals surface area contributed by atoms with Crippen molar-refractivity contribution >= 4 is 17.7 Å². The Hall–Kier alpha value is -0.690. The van der Waals surface area contributed by atoms with Gasteiger partial charge < -0.3 is 4.74 Å². The van der Waals surface area contributed by atoms with Crippen molar-refractivity contribution in [2.45, 2.75) is 50.9 Å². The van der Waals surface area contributed by atoms with Gasteiger partial charge in [-0.1, -0.05) is 0 Å². The quantitative estimate of drug-likeness (QED) is 0.697. The first kappa shape index (κ1) is 13.4. The molecule has 0 aromatic heterocycles. The molecular formula is C12H19NO2S. The van der Waals surface area contributed by atoms with E-state index in [4.69, 9.17) is 10.00 Å². The van der Waals surface area contributed by atoms with E-state index in [9.17, 15) is 4.79 Å². The van der Waals surface area contributed by atoms with Gasteiger partial charge in [0.1, 0.15) is 5.60 Å². The first-order valence-electron chi connectivity index (χ1n) is 5.64. The topological polar surface area (TPSA) is 50.1 Å². The molecule has 0 saturated carbocycles. The van der Waals surface area contributed by atoms with Gasteiger partial charge in [-0.2, -0.15) is 17.0 Å². The van der Waals surface area contributed by atoms with Gasteiger partial charge in [0, 0.05) is 11.7 Å². The SMILES string of the molecule is CC(C)(C)OC(=O)C1CCSC(CC#N)C1. The molecule has 0 spiro atoms. The molecule has 1 saturated heterocycles. The van der Waals surface area contributed by atoms with Crippen LogP contribution in [0.25, 0.3) is 0 Å². The van der Waals surface area contributed by atoms with Crippen LogP contribution in [0.1, 0.15) is 40.0 Å². The van der Waals surface area contributed by atoms with E-state index >= 15 is 0 Å². The maximum atomic E-state index is 11.8. The number of ether oxygens (including phenoxy) is 1. The van der Waals surface area contributed by atoms with Crippen LogP contribution < -0.4 is 0 Å². The molecule has 1 fully saturated rings. The molecule has 1 aliphatic rings. The molecule has 0 N–H and O–H groups in total. The predicted octanol–water partition coefficient (Wildman–Crippen LogP) is 2.75. The summed E-state index contributed by atoms with van der Waals surface area (Å²) in [5.41, 5.74) is -0.410. The molecule has 1 heterocycles. The van der Waals surface area contributed by atoms with Crippen molar-refractivity contribution in [1.29, 1.82) is 5.26 Å². The first-order chi connectivity index (χ1) is 7.42. The molecule has 2 atom stereocenters. The van der Waals surface area contributed by atoms with Crippen LogP contribution in [0.3, 0.4) is 0 Å². The Kier molecular flexibility index (Phi) is 4.67. The summed E-state index contributed by atoms with van der Waals surface area (Å²) in [6, 6.07) is 2.17. The Morgan fingerprint density at radius 1 is 1.56 bits per heavy atom. The highest BCUT2D eigenvalue weighted by atomic mass is 32.2. The minimum absolute atomic E-state index is 0.0150. The van der Waals surface area contributed by atoms with Gasteiger partial charge in [0.2, 0.25) is 0 Å². The Balaban J connectivity index is 2.48. The average Bonchev–Trinajstić information content (AvgIpc) is 2.16. The second kappa shape index (κ2) is 5.58. The van der Waals surface area contributed by atoms with Crippen molar-refractivity contribution < 1.29 is 9.53 Å². The van der Waals surface area contributed by atoms with E-state index in [2.05, 4.69) is 6.07 Å². The fraction of sp³-hybridized carbons (Fsp3) is 0.833. The highest BCUT2D eigenvalue weighted by molar-refractivity contribution is 7.99. The third kappa shape index (κ3) is 4.44. The van der Waals surface area contributed by atoms with Gasteiger partial charge >= 0.3 is 5.97 Å². The van der Waals surface area contributed by atoms with Gasteiger partial charge in [-0.15, -0.1) is 0 Å². The van der Waals surface area contributed by atoms with Gasteiger partial charge in [-0.05, 0) is 39.4 Å². The van der Waals surface area contributed by atoms with E-state index in [1.165, 1.54) is 0 Å². The molecule has 1 rings (SSSR count). The van der Waals surface area contributed by atoms with E-state index in [1.54, 1.807) is 11.8 Å².